The van der Waals surface area contributed by atoms with Crippen LogP contribution in [0.3, 0.4) is 0 Å². The van der Waals surface area contributed by atoms with Crippen LogP contribution < -0.4 is 9.96 Å². The second-order valence-electron chi connectivity index (χ2n) is 19.2. The van der Waals surface area contributed by atoms with Crippen LogP contribution >= 0.6 is 56.7 Å². The molecule has 0 amide bonds. The van der Waals surface area contributed by atoms with Crippen LogP contribution in [0.4, 0.5) is 0 Å². The van der Waals surface area contributed by atoms with Gasteiger partial charge in [-0.2, -0.15) is 0 Å². The summed E-state index contributed by atoms with van der Waals surface area (Å²) >= 11 is 2.38. The van der Waals surface area contributed by atoms with Gasteiger partial charge in [0, 0.05) is 0 Å². The maximum absolute atomic E-state index is 5.88. The molecule has 0 saturated carbocycles. The summed E-state index contributed by atoms with van der Waals surface area (Å²) in [5.74, 6) is 0. The van der Waals surface area contributed by atoms with Gasteiger partial charge in [-0.3, -0.25) is 0 Å². The first-order chi connectivity index (χ1) is 23.0. The zero-order valence-electron chi connectivity index (χ0n) is 33.3. The molecule has 4 aromatic rings. The van der Waals surface area contributed by atoms with Crippen LogP contribution in [0.15, 0.2) is 97.2 Å². The minimum absolute atomic E-state index is 0. The van der Waals surface area contributed by atoms with E-state index in [1.54, 1.807) is 3.32 Å². The van der Waals surface area contributed by atoms with E-state index in [1.807, 2.05) is 0 Å². The fraction of sp³-hybridized carbons (Fsp3) is 0.383. The van der Waals surface area contributed by atoms with Crippen LogP contribution in [0.1, 0.15) is 123 Å². The predicted octanol–water partition coefficient (Wildman–Crippen LogP) is 13.1. The van der Waals surface area contributed by atoms with Gasteiger partial charge in [0.1, 0.15) is 0 Å². The summed E-state index contributed by atoms with van der Waals surface area (Å²) in [4.78, 5) is 0. The van der Waals surface area contributed by atoms with Crippen molar-refractivity contribution < 1.29 is 18.0 Å². The monoisotopic (exact) mass is 1030 g/mol. The van der Waals surface area contributed by atoms with E-state index < -0.39 is 18.0 Å². The first-order valence-corrected chi connectivity index (χ1v) is 29.6. The van der Waals surface area contributed by atoms with E-state index in [9.17, 15) is 0 Å². The van der Waals surface area contributed by atoms with Crippen LogP contribution in [-0.2, 0) is 46.1 Å². The fourth-order valence-electron chi connectivity index (χ4n) is 9.08. The molecule has 0 aliphatic heterocycles. The topological polar surface area (TPSA) is 0 Å². The Balaban J connectivity index is 0.00000302. The first-order valence-electron chi connectivity index (χ1n) is 18.3. The molecule has 2 aliphatic rings. The maximum atomic E-state index is 5.88. The number of halogens is 4. The zero-order chi connectivity index (χ0) is 36.8. The van der Waals surface area contributed by atoms with Gasteiger partial charge in [-0.05, 0) is 0 Å². The molecule has 278 valence electrons. The van der Waals surface area contributed by atoms with Crippen molar-refractivity contribution in [2.24, 2.45) is 0 Å². The van der Waals surface area contributed by atoms with E-state index in [1.165, 1.54) is 54.5 Å². The number of hydrogen-bond donors (Lipinski definition) is 0. The van der Waals surface area contributed by atoms with Crippen molar-refractivity contribution in [1.82, 2.24) is 0 Å². The summed E-state index contributed by atoms with van der Waals surface area (Å²) in [6.07, 6.45) is 8.96. The van der Waals surface area contributed by atoms with Crippen molar-refractivity contribution in [3.8, 4) is 11.1 Å². The molecule has 0 unspecified atom stereocenters. The summed E-state index contributed by atoms with van der Waals surface area (Å²) in [7, 11) is 0. The van der Waals surface area contributed by atoms with Crippen LogP contribution in [0.5, 0.6) is 0 Å². The predicted molar refractivity (Wildman–Crippen MR) is 240 cm³/mol. The summed E-state index contributed by atoms with van der Waals surface area (Å²) in [5, 5.41) is 0. The van der Waals surface area contributed by atoms with Crippen molar-refractivity contribution in [2.45, 2.75) is 118 Å². The Kier molecular flexibility index (Phi) is 11.9. The van der Waals surface area contributed by atoms with Crippen molar-refractivity contribution in [2.75, 3.05) is 0 Å². The Morgan fingerprint density at radius 2 is 1.02 bits per heavy atom. The fourth-order valence-corrected chi connectivity index (χ4v) is 33.9. The molecule has 52 heavy (non-hydrogen) atoms. The molecule has 0 nitrogen and oxygen atoms in total. The van der Waals surface area contributed by atoms with Crippen molar-refractivity contribution in [3.05, 3.63) is 131 Å². The third-order valence-electron chi connectivity index (χ3n) is 11.5. The summed E-state index contributed by atoms with van der Waals surface area (Å²) in [5.41, 5.74) is 11.5. The van der Waals surface area contributed by atoms with E-state index in [-0.39, 0.29) is 46.5 Å². The van der Waals surface area contributed by atoms with Gasteiger partial charge in [-0.15, -0.1) is 24.8 Å². The Hall–Kier alpha value is -1.36. The molecule has 5 heteroatoms. The Bertz CT molecular complexity index is 2090. The number of allylic oxidation sites excluding steroid dienone is 4. The molecule has 0 atom stereocenters. The van der Waals surface area contributed by atoms with Crippen molar-refractivity contribution >= 4 is 70.9 Å². The number of benzene rings is 4. The van der Waals surface area contributed by atoms with Gasteiger partial charge >= 0.3 is 323 Å². The van der Waals surface area contributed by atoms with Crippen LogP contribution in [0.2, 0.25) is 0 Å². The summed E-state index contributed by atoms with van der Waals surface area (Å²) in [6, 6.07) is 26.4. The van der Waals surface area contributed by atoms with E-state index >= 15 is 0 Å². The van der Waals surface area contributed by atoms with Gasteiger partial charge in [0.25, 0.3) is 0 Å². The van der Waals surface area contributed by atoms with Gasteiger partial charge in [0.15, 0.2) is 0 Å². The molecule has 0 heterocycles. The van der Waals surface area contributed by atoms with E-state index in [4.69, 9.17) is 4.26 Å². The minimum atomic E-state index is -5.23. The summed E-state index contributed by atoms with van der Waals surface area (Å²) in [6.45, 7) is 28.8. The van der Waals surface area contributed by atoms with Gasteiger partial charge in [0.2, 0.25) is 0 Å². The average molecular weight is 1030 g/mol. The molecule has 4 aromatic carbocycles. The molecule has 0 aromatic heterocycles. The SMILES string of the molecule is Cl.Cl.[CH2]=[Hf]([C]1=CC=CC1)([c]1ccc(Br)cc1)([c]1ccc(Br)cc1)[c]1c2c(cc(C(C)(C)C)c1C(C)(C)C)-c1cc(C(C)(C)C)c(C(C)(C)C)cc1C2. The molecule has 0 spiro atoms. The third-order valence-corrected chi connectivity index (χ3v) is 36.5. The van der Waals surface area contributed by atoms with E-state index in [0.717, 1.165) is 21.8 Å². The Labute approximate surface area is 345 Å². The first kappa shape index (κ1) is 43.4. The van der Waals surface area contributed by atoms with Crippen LogP contribution in [-0.4, -0.2) is 4.26 Å². The second kappa shape index (κ2) is 14.3. The number of rotatable bonds is 4. The molecular weight excluding hydrogens is 974 g/mol. The Morgan fingerprint density at radius 3 is 1.42 bits per heavy atom. The molecule has 0 radical (unpaired) electrons. The number of hydrogen-bond acceptors (Lipinski definition) is 0. The zero-order valence-corrected chi connectivity index (χ0v) is 41.7. The molecule has 6 rings (SSSR count). The quantitative estimate of drug-likeness (QED) is 0.157. The van der Waals surface area contributed by atoms with E-state index in [0.29, 0.717) is 0 Å². The van der Waals surface area contributed by atoms with Crippen LogP contribution in [0, 0.1) is 0 Å². The van der Waals surface area contributed by atoms with Gasteiger partial charge in [-0.25, -0.2) is 0 Å². The van der Waals surface area contributed by atoms with Crippen LogP contribution in [0.25, 0.3) is 11.1 Å². The van der Waals surface area contributed by atoms with Crippen molar-refractivity contribution in [1.29, 1.82) is 0 Å². The third kappa shape index (κ3) is 6.99. The normalized spacial score (nSPS) is 14.7. The van der Waals surface area contributed by atoms with E-state index in [2.05, 4.69) is 200 Å². The molecule has 0 bridgehead atoms. The molecule has 0 saturated heterocycles. The Morgan fingerprint density at radius 1 is 0.577 bits per heavy atom. The van der Waals surface area contributed by atoms with Crippen molar-refractivity contribution in [3.63, 3.8) is 0 Å². The summed E-state index contributed by atoms with van der Waals surface area (Å²) < 4.78 is 14.0. The standard InChI is InChI=1S/C29H41.2C6H4Br.C5H5.CH2.2ClH.Hf/c1-26(2,3)22-14-18-13-19-15-23(27(4,5)6)25(29(10,11)12)17-21(19)20(18)16-24(22)28(7,8)9;2*7-6-4-2-1-3-5-6;1-2-4-5-3-1;;;;/h14,16-17H,13H2,1-12H3;2*2-5H;1-3H,4H2;1H2;2*1H;. The van der Waals surface area contributed by atoms with Gasteiger partial charge in [0.05, 0.1) is 0 Å². The number of fused-ring (bicyclic) bond motifs is 3. The molecular formula is C47H58Br2Cl2Hf. The molecule has 2 aliphatic carbocycles. The molecule has 0 N–H and O–H groups in total. The second-order valence-corrected chi connectivity index (χ2v) is 39.8. The average Bonchev–Trinajstić information content (AvgIpc) is 3.67. The molecule has 0 fully saturated rings. The van der Waals surface area contributed by atoms with Gasteiger partial charge in [-0.1, -0.05) is 0 Å². The van der Waals surface area contributed by atoms with Gasteiger partial charge < -0.3 is 0 Å².